The van der Waals surface area contributed by atoms with Gasteiger partial charge in [-0.1, -0.05) is 41.4 Å². The fraction of sp³-hybridized carbons (Fsp3) is 0.130. The van der Waals surface area contributed by atoms with E-state index in [2.05, 4.69) is 5.32 Å². The van der Waals surface area contributed by atoms with Crippen molar-refractivity contribution in [1.29, 1.82) is 0 Å². The zero-order valence-electron chi connectivity index (χ0n) is 15.8. The minimum atomic E-state index is -0.193. The minimum absolute atomic E-state index is 0.0776. The third-order valence-electron chi connectivity index (χ3n) is 4.74. The van der Waals surface area contributed by atoms with Gasteiger partial charge in [0.1, 0.15) is 5.37 Å². The van der Waals surface area contributed by atoms with Crippen LogP contribution < -0.4 is 10.2 Å². The molecule has 0 unspecified atom stereocenters. The summed E-state index contributed by atoms with van der Waals surface area (Å²) >= 11 is 7.47. The van der Waals surface area contributed by atoms with Crippen LogP contribution in [0.15, 0.2) is 72.8 Å². The van der Waals surface area contributed by atoms with Crippen molar-refractivity contribution in [3.05, 3.63) is 94.5 Å². The van der Waals surface area contributed by atoms with Crippen LogP contribution in [0.5, 0.6) is 0 Å². The Morgan fingerprint density at radius 3 is 2.31 bits per heavy atom. The molecule has 4 rings (SSSR count). The standard InChI is InChI=1S/C23H19ClN2O2S/c1-15-2-12-20(13-3-15)26-21(27)14-29-23(26)17-6-10-19(11-7-17)25-22(28)16-4-8-18(24)9-5-16/h2-13,23H,14H2,1H3,(H,25,28)/t23-/m1/s1. The number of benzene rings is 3. The number of carbonyl (C=O) groups excluding carboxylic acids is 2. The second-order valence-corrected chi connectivity index (χ2v) is 8.35. The van der Waals surface area contributed by atoms with Crippen molar-refractivity contribution in [3.63, 3.8) is 0 Å². The number of halogens is 1. The maximum Gasteiger partial charge on any atom is 0.255 e. The smallest absolute Gasteiger partial charge is 0.255 e. The van der Waals surface area contributed by atoms with Crippen molar-refractivity contribution in [2.45, 2.75) is 12.3 Å². The number of aryl methyl sites for hydroxylation is 1. The quantitative estimate of drug-likeness (QED) is 0.588. The Kier molecular flexibility index (Phi) is 5.60. The van der Waals surface area contributed by atoms with E-state index in [9.17, 15) is 9.59 Å². The van der Waals surface area contributed by atoms with E-state index >= 15 is 0 Å². The Morgan fingerprint density at radius 2 is 1.66 bits per heavy atom. The van der Waals surface area contributed by atoms with Gasteiger partial charge in [0.25, 0.3) is 5.91 Å². The van der Waals surface area contributed by atoms with Gasteiger partial charge in [-0.25, -0.2) is 0 Å². The molecule has 1 N–H and O–H groups in total. The van der Waals surface area contributed by atoms with Crippen molar-refractivity contribution in [1.82, 2.24) is 0 Å². The molecular weight excluding hydrogens is 404 g/mol. The molecule has 0 aromatic heterocycles. The predicted molar refractivity (Wildman–Crippen MR) is 120 cm³/mol. The first kappa shape index (κ1) is 19.6. The van der Waals surface area contributed by atoms with Gasteiger partial charge in [0.05, 0.1) is 5.75 Å². The molecule has 29 heavy (non-hydrogen) atoms. The minimum Gasteiger partial charge on any atom is -0.322 e. The lowest BCUT2D eigenvalue weighted by molar-refractivity contribution is -0.115. The molecule has 1 aliphatic rings. The largest absolute Gasteiger partial charge is 0.322 e. The topological polar surface area (TPSA) is 49.4 Å². The molecule has 3 aromatic carbocycles. The lowest BCUT2D eigenvalue weighted by Crippen LogP contribution is -2.27. The van der Waals surface area contributed by atoms with Crippen LogP contribution in [0.3, 0.4) is 0 Å². The van der Waals surface area contributed by atoms with E-state index in [1.165, 1.54) is 0 Å². The van der Waals surface area contributed by atoms with Gasteiger partial charge in [-0.15, -0.1) is 11.8 Å². The van der Waals surface area contributed by atoms with Gasteiger partial charge in [-0.05, 0) is 61.0 Å². The second-order valence-electron chi connectivity index (χ2n) is 6.85. The average molecular weight is 423 g/mol. The lowest BCUT2D eigenvalue weighted by Gasteiger charge is -2.24. The molecule has 0 bridgehead atoms. The zero-order chi connectivity index (χ0) is 20.4. The highest BCUT2D eigenvalue weighted by atomic mass is 35.5. The van der Waals surface area contributed by atoms with Gasteiger partial charge in [-0.3, -0.25) is 14.5 Å². The van der Waals surface area contributed by atoms with Crippen molar-refractivity contribution in [2.24, 2.45) is 0 Å². The molecule has 1 heterocycles. The van der Waals surface area contributed by atoms with Crippen molar-refractivity contribution in [2.75, 3.05) is 16.0 Å². The van der Waals surface area contributed by atoms with E-state index in [1.807, 2.05) is 60.4 Å². The molecule has 0 saturated carbocycles. The van der Waals surface area contributed by atoms with E-state index in [4.69, 9.17) is 11.6 Å². The number of rotatable bonds is 4. The van der Waals surface area contributed by atoms with E-state index < -0.39 is 0 Å². The normalized spacial score (nSPS) is 16.1. The van der Waals surface area contributed by atoms with Crippen LogP contribution in [-0.2, 0) is 4.79 Å². The van der Waals surface area contributed by atoms with Gasteiger partial charge in [0, 0.05) is 22.0 Å². The first-order valence-corrected chi connectivity index (χ1v) is 10.6. The molecule has 0 aliphatic carbocycles. The van der Waals surface area contributed by atoms with E-state index in [0.717, 1.165) is 16.8 Å². The fourth-order valence-corrected chi connectivity index (χ4v) is 4.49. The highest BCUT2D eigenvalue weighted by Crippen LogP contribution is 2.41. The van der Waals surface area contributed by atoms with Gasteiger partial charge < -0.3 is 5.32 Å². The Labute approximate surface area is 178 Å². The summed E-state index contributed by atoms with van der Waals surface area (Å²) in [5, 5.41) is 3.40. The summed E-state index contributed by atoms with van der Waals surface area (Å²) in [6.07, 6.45) is 0. The van der Waals surface area contributed by atoms with Crippen molar-refractivity contribution >= 4 is 46.6 Å². The summed E-state index contributed by atoms with van der Waals surface area (Å²) in [6.45, 7) is 2.03. The predicted octanol–water partition coefficient (Wildman–Crippen LogP) is 5.68. The van der Waals surface area contributed by atoms with Gasteiger partial charge in [0.15, 0.2) is 0 Å². The maximum atomic E-state index is 12.5. The maximum absolute atomic E-state index is 12.5. The SMILES string of the molecule is Cc1ccc(N2C(=O)CS[C@@H]2c2ccc(NC(=O)c3ccc(Cl)cc3)cc2)cc1. The molecule has 146 valence electrons. The highest BCUT2D eigenvalue weighted by molar-refractivity contribution is 8.00. The van der Waals surface area contributed by atoms with E-state index in [0.29, 0.717) is 22.0 Å². The van der Waals surface area contributed by atoms with Crippen LogP contribution in [0.1, 0.15) is 26.9 Å². The lowest BCUT2D eigenvalue weighted by atomic mass is 10.1. The summed E-state index contributed by atoms with van der Waals surface area (Å²) in [4.78, 5) is 26.7. The van der Waals surface area contributed by atoms with Crippen LogP contribution in [0.4, 0.5) is 11.4 Å². The molecule has 1 fully saturated rings. The molecule has 1 atom stereocenters. The van der Waals surface area contributed by atoms with Gasteiger partial charge in [-0.2, -0.15) is 0 Å². The number of carbonyl (C=O) groups is 2. The van der Waals surface area contributed by atoms with E-state index in [-0.39, 0.29) is 17.2 Å². The number of anilines is 2. The fourth-order valence-electron chi connectivity index (χ4n) is 3.19. The second kappa shape index (κ2) is 8.31. The first-order valence-electron chi connectivity index (χ1n) is 9.18. The van der Waals surface area contributed by atoms with Gasteiger partial charge in [0.2, 0.25) is 5.91 Å². The van der Waals surface area contributed by atoms with Crippen LogP contribution >= 0.6 is 23.4 Å². The first-order chi connectivity index (χ1) is 14.0. The summed E-state index contributed by atoms with van der Waals surface area (Å²) in [5.74, 6) is 0.359. The molecule has 2 amide bonds. The molecule has 0 radical (unpaired) electrons. The summed E-state index contributed by atoms with van der Waals surface area (Å²) in [7, 11) is 0. The molecule has 4 nitrogen and oxygen atoms in total. The Hall–Kier alpha value is -2.76. The van der Waals surface area contributed by atoms with Crippen LogP contribution in [0.2, 0.25) is 5.02 Å². The molecule has 1 aliphatic heterocycles. The zero-order valence-corrected chi connectivity index (χ0v) is 17.3. The van der Waals surface area contributed by atoms with Crippen LogP contribution in [0, 0.1) is 6.92 Å². The molecule has 6 heteroatoms. The third-order valence-corrected chi connectivity index (χ3v) is 6.20. The number of thioether (sulfide) groups is 1. The van der Waals surface area contributed by atoms with Crippen molar-refractivity contribution < 1.29 is 9.59 Å². The summed E-state index contributed by atoms with van der Waals surface area (Å²) in [5.41, 5.74) is 4.32. The number of amides is 2. The summed E-state index contributed by atoms with van der Waals surface area (Å²) < 4.78 is 0. The average Bonchev–Trinajstić information content (AvgIpc) is 3.11. The monoisotopic (exact) mass is 422 g/mol. The Balaban J connectivity index is 1.50. The summed E-state index contributed by atoms with van der Waals surface area (Å²) in [6, 6.07) is 22.4. The Bertz CT molecular complexity index is 1030. The van der Waals surface area contributed by atoms with Crippen LogP contribution in [0.25, 0.3) is 0 Å². The Morgan fingerprint density at radius 1 is 1.00 bits per heavy atom. The molecular formula is C23H19ClN2O2S. The van der Waals surface area contributed by atoms with Crippen LogP contribution in [-0.4, -0.2) is 17.6 Å². The van der Waals surface area contributed by atoms with Gasteiger partial charge >= 0.3 is 0 Å². The number of hydrogen-bond acceptors (Lipinski definition) is 3. The molecule has 0 spiro atoms. The highest BCUT2D eigenvalue weighted by Gasteiger charge is 2.33. The third kappa shape index (κ3) is 4.31. The van der Waals surface area contributed by atoms with E-state index in [1.54, 1.807) is 36.0 Å². The van der Waals surface area contributed by atoms with Crippen molar-refractivity contribution in [3.8, 4) is 0 Å². The number of nitrogens with zero attached hydrogens (tertiary/aromatic N) is 1. The molecule has 3 aromatic rings. The number of nitrogens with one attached hydrogen (secondary N) is 1. The number of hydrogen-bond donors (Lipinski definition) is 1. The molecule has 1 saturated heterocycles.